The number of aliphatic carboxylic acids is 6. The third-order valence-corrected chi connectivity index (χ3v) is 46.7. The van der Waals surface area contributed by atoms with Gasteiger partial charge in [-0.3, -0.25) is 14.4 Å². The van der Waals surface area contributed by atoms with E-state index in [0.717, 1.165) is 193 Å². The van der Waals surface area contributed by atoms with Crippen LogP contribution in [0.1, 0.15) is 337 Å². The Morgan fingerprint density at radius 2 is 0.435 bits per heavy atom. The van der Waals surface area contributed by atoms with Crippen LogP contribution < -0.4 is 0 Å². The summed E-state index contributed by atoms with van der Waals surface area (Å²) in [5, 5.41) is 62.0. The zero-order valence-corrected chi connectivity index (χ0v) is 87.4. The predicted octanol–water partition coefficient (Wildman–Crippen LogP) is 19.5. The number of carbonyl (C=O) groups is 9. The summed E-state index contributed by atoms with van der Waals surface area (Å²) >= 11 is 0. The van der Waals surface area contributed by atoms with E-state index in [2.05, 4.69) is 139 Å². The van der Waals surface area contributed by atoms with Crippen molar-refractivity contribution in [2.75, 3.05) is 59.3 Å². The number of hydrogen-bond donors (Lipinski definition) is 6. The van der Waals surface area contributed by atoms with Gasteiger partial charge in [0.15, 0.2) is 0 Å². The van der Waals surface area contributed by atoms with Crippen molar-refractivity contribution in [1.29, 1.82) is 0 Å². The standard InChI is InChI=1S/C114H177N3O21/c1-61-31-70-76(40-88(61)133-49-94(118)119)112(55-103(70,4)5)58-106(10,11)73-37-82(91(43-79(73)112)136-52-97(124)125)109(16)67-25-19-22-28-85(67)115(100(109)130)46-64-34-65(47-116-86-29-23-20-26-68(86)110(17,101(116)131)83-38-74-80(44-92(83)137-53-98(126)127)113(59-107(74,12)13)56-104(6,7)71-32-62(2)89(41-77(71)113)134-50-95(120)121)36-66(35-64)48-117-87-30-24-21-27-69(87)111(18,102(117)132)84-39-75-81(45-93(84)138-54-99(128)129)114(60-108(75,14)15)57-105(8,9)72-33-63(3)90(42-78(72)114)135-51-96(122)123/h61-93H,19-60H2,1-18H3,(H,118,119)(H,120,121)(H,122,123)(H,124,125)(H,126,127)(H,128,129). The molecule has 24 nitrogen and oxygen atoms in total. The second kappa shape index (κ2) is 36.2. The van der Waals surface area contributed by atoms with E-state index in [4.69, 9.17) is 28.4 Å². The van der Waals surface area contributed by atoms with E-state index in [1.54, 1.807) is 0 Å². The monoisotopic (exact) mass is 1920 g/mol. The van der Waals surface area contributed by atoms with E-state index in [1.165, 1.54) is 0 Å². The van der Waals surface area contributed by atoms with Crippen LogP contribution in [0.4, 0.5) is 0 Å². The van der Waals surface area contributed by atoms with Crippen LogP contribution in [0.25, 0.3) is 0 Å². The topological polar surface area (TPSA) is 340 Å². The highest BCUT2D eigenvalue weighted by atomic mass is 16.5. The van der Waals surface area contributed by atoms with Crippen LogP contribution in [0.5, 0.6) is 0 Å². The maximum absolute atomic E-state index is 17.3. The number of ether oxygens (including phenoxy) is 6. The summed E-state index contributed by atoms with van der Waals surface area (Å²) in [5.41, 5.74) is -3.52. The Morgan fingerprint density at radius 3 is 0.645 bits per heavy atom. The van der Waals surface area contributed by atoms with Gasteiger partial charge in [0.25, 0.3) is 0 Å². The number of nitrogens with zero attached hydrogens (tertiary/aromatic N) is 3. The largest absolute Gasteiger partial charge is 0.480 e. The van der Waals surface area contributed by atoms with Crippen molar-refractivity contribution < 1.29 is 102 Å². The number of fused-ring (bicyclic) bond motifs is 15. The molecule has 6 N–H and O–H groups in total. The Kier molecular flexibility index (Phi) is 26.7. The van der Waals surface area contributed by atoms with Gasteiger partial charge in [-0.25, -0.2) is 28.8 Å². The molecule has 138 heavy (non-hydrogen) atoms. The van der Waals surface area contributed by atoms with Gasteiger partial charge >= 0.3 is 35.8 Å². The summed E-state index contributed by atoms with van der Waals surface area (Å²) in [6.07, 6.45) is 26.6. The lowest BCUT2D eigenvalue weighted by molar-refractivity contribution is -0.163. The number of carbonyl (C=O) groups excluding carboxylic acids is 3. The van der Waals surface area contributed by atoms with Crippen LogP contribution in [0.3, 0.4) is 0 Å². The first-order valence-electron chi connectivity index (χ1n) is 55.7. The molecule has 0 aromatic heterocycles. The molecule has 19 rings (SSSR count). The first-order valence-corrected chi connectivity index (χ1v) is 55.7. The van der Waals surface area contributed by atoms with Crippen LogP contribution >= 0.6 is 0 Å². The van der Waals surface area contributed by atoms with Gasteiger partial charge in [0.05, 0.1) is 52.9 Å². The van der Waals surface area contributed by atoms with Gasteiger partial charge < -0.3 is 73.8 Å². The summed E-state index contributed by atoms with van der Waals surface area (Å²) in [6, 6.07) is -0.182. The summed E-state index contributed by atoms with van der Waals surface area (Å²) in [7, 11) is 0. The molecule has 3 spiro atoms. The molecule has 36 unspecified atom stereocenters. The average Bonchev–Trinajstić information content (AvgIpc) is 1.52. The van der Waals surface area contributed by atoms with Gasteiger partial charge in [-0.2, -0.15) is 0 Å². The molecule has 16 aliphatic carbocycles. The second-order valence-corrected chi connectivity index (χ2v) is 56.4. The van der Waals surface area contributed by atoms with E-state index in [1.807, 2.05) is 0 Å². The first-order chi connectivity index (χ1) is 64.7. The molecule has 0 aromatic rings. The Labute approximate surface area is 823 Å². The Balaban J connectivity index is 0.657. The highest BCUT2D eigenvalue weighted by Crippen LogP contribution is 2.82. The number of amides is 3. The Hall–Kier alpha value is -5.01. The first kappa shape index (κ1) is 102. The molecule has 3 heterocycles. The van der Waals surface area contributed by atoms with Crippen molar-refractivity contribution >= 4 is 53.5 Å². The Morgan fingerprint density at radius 1 is 0.246 bits per heavy atom. The molecule has 3 saturated heterocycles. The molecular weight excluding hydrogens is 1750 g/mol. The molecule has 0 bridgehead atoms. The molecule has 0 aromatic carbocycles. The maximum atomic E-state index is 17.3. The van der Waals surface area contributed by atoms with Gasteiger partial charge in [0.1, 0.15) is 39.6 Å². The van der Waals surface area contributed by atoms with Crippen molar-refractivity contribution in [3.8, 4) is 0 Å². The van der Waals surface area contributed by atoms with Gasteiger partial charge in [-0.05, 0) is 364 Å². The summed E-state index contributed by atoms with van der Waals surface area (Å²) < 4.78 is 39.9. The number of hydrogen-bond acceptors (Lipinski definition) is 15. The van der Waals surface area contributed by atoms with E-state index in [-0.39, 0.29) is 247 Å². The van der Waals surface area contributed by atoms with Crippen molar-refractivity contribution in [3.05, 3.63) is 0 Å². The Bertz CT molecular complexity index is 4180. The van der Waals surface area contributed by atoms with Crippen LogP contribution in [-0.2, 0) is 71.6 Å². The molecule has 3 amide bonds. The number of carboxylic acids is 6. The molecule has 19 aliphatic rings. The van der Waals surface area contributed by atoms with Crippen LogP contribution in [0.15, 0.2) is 0 Å². The van der Waals surface area contributed by atoms with E-state index < -0.39 is 90.2 Å². The molecular formula is C114H177N3O21. The van der Waals surface area contributed by atoms with Gasteiger partial charge in [0, 0.05) is 37.8 Å². The van der Waals surface area contributed by atoms with E-state index in [9.17, 15) is 59.4 Å². The number of likely N-dealkylation sites (tertiary alicyclic amines) is 3. The summed E-state index contributed by atoms with van der Waals surface area (Å²) in [4.78, 5) is 135. The number of carboxylic acid groups (broad SMARTS) is 6. The maximum Gasteiger partial charge on any atom is 0.329 e. The summed E-state index contributed by atoms with van der Waals surface area (Å²) in [6.45, 7) is 42.0. The van der Waals surface area contributed by atoms with Gasteiger partial charge in [0.2, 0.25) is 17.7 Å². The molecule has 3 aliphatic heterocycles. The van der Waals surface area contributed by atoms with Crippen LogP contribution in [-0.4, -0.2) is 213 Å². The molecule has 16 saturated carbocycles. The fraction of sp³-hybridized carbons (Fsp3) is 0.921. The second-order valence-electron chi connectivity index (χ2n) is 56.4. The SMILES string of the molecule is CC1CC2C(CC1OCC(=O)O)C1(CC2(C)C)CC(C)(C)C2CC(C3(C)C(=O)N(CC4CC(CN5C(=O)C(C)(C6CC7C(CC6OCC(=O)O)C6(CC(C)(C)C8CC(C)C(OCC(=O)O)CC86)CC7(C)C)C6CCCCC65)CC(CN5C(=O)C(C)(C6CC7C(CC6OCC(=O)O)C6(CC(C)(C)C8CC(C)C(OCC(=O)O)CC86)CC7(C)C)C6CCCCC65)C4)C4CCCCC43)C(OCC(=O)O)CC21. The normalized spacial score (nSPS) is 48.3. The van der Waals surface area contributed by atoms with Crippen LogP contribution in [0.2, 0.25) is 0 Å². The minimum absolute atomic E-state index is 0.00530. The minimum Gasteiger partial charge on any atom is -0.480 e. The van der Waals surface area contributed by atoms with Crippen LogP contribution in [0, 0.1) is 207 Å². The van der Waals surface area contributed by atoms with Crippen molar-refractivity contribution in [1.82, 2.24) is 14.7 Å². The zero-order valence-electron chi connectivity index (χ0n) is 87.4. The van der Waals surface area contributed by atoms with Crippen molar-refractivity contribution in [2.24, 2.45) is 207 Å². The van der Waals surface area contributed by atoms with E-state index >= 15 is 14.4 Å². The minimum atomic E-state index is -1.03. The fourth-order valence-corrected chi connectivity index (χ4v) is 42.6. The highest BCUT2D eigenvalue weighted by Gasteiger charge is 2.78. The molecule has 774 valence electrons. The predicted molar refractivity (Wildman–Crippen MR) is 518 cm³/mol. The third kappa shape index (κ3) is 16.7. The smallest absolute Gasteiger partial charge is 0.329 e. The average molecular weight is 1930 g/mol. The lowest BCUT2D eigenvalue weighted by Gasteiger charge is -2.53. The highest BCUT2D eigenvalue weighted by molar-refractivity contribution is 5.88. The van der Waals surface area contributed by atoms with Crippen molar-refractivity contribution in [3.63, 3.8) is 0 Å². The lowest BCUT2D eigenvalue weighted by Crippen LogP contribution is -2.53. The zero-order chi connectivity index (χ0) is 98.9. The fourth-order valence-electron chi connectivity index (χ4n) is 42.6. The molecule has 36 atom stereocenters. The van der Waals surface area contributed by atoms with Crippen molar-refractivity contribution in [2.45, 2.75) is 391 Å². The third-order valence-electron chi connectivity index (χ3n) is 46.7. The van der Waals surface area contributed by atoms with E-state index in [0.29, 0.717) is 56.7 Å². The quantitative estimate of drug-likeness (QED) is 0.0445. The van der Waals surface area contributed by atoms with Gasteiger partial charge in [-0.1, -0.05) is 163 Å². The molecule has 24 heteroatoms. The molecule has 0 radical (unpaired) electrons. The lowest BCUT2D eigenvalue weighted by atomic mass is 9.53. The van der Waals surface area contributed by atoms with Gasteiger partial charge in [-0.15, -0.1) is 0 Å². The number of rotatable bonds is 27. The summed E-state index contributed by atoms with van der Waals surface area (Å²) in [5.74, 6) is -2.70. The molecule has 19 fully saturated rings.